The molecule has 9 heteroatoms. The molecule has 1 saturated carbocycles. The van der Waals surface area contributed by atoms with Crippen molar-refractivity contribution in [3.63, 3.8) is 0 Å². The highest BCUT2D eigenvalue weighted by molar-refractivity contribution is 7.89. The average molecular weight is 316 g/mol. The molecule has 3 N–H and O–H groups in total. The molecule has 2 atom stereocenters. The maximum Gasteiger partial charge on any atom is 0.306 e. The van der Waals surface area contributed by atoms with Gasteiger partial charge in [0.25, 0.3) is 15.9 Å². The maximum atomic E-state index is 11.9. The number of hydrogen-bond donors (Lipinski definition) is 3. The Morgan fingerprint density at radius 3 is 2.62 bits per heavy atom. The van der Waals surface area contributed by atoms with Gasteiger partial charge in [-0.25, -0.2) is 13.1 Å². The first kappa shape index (κ1) is 15.5. The van der Waals surface area contributed by atoms with E-state index in [4.69, 9.17) is 9.52 Å². The number of furan rings is 1. The largest absolute Gasteiger partial charge is 0.481 e. The SMILES string of the molecule is CNS(=O)(=O)c1ccc(C(=O)N[C@@H]2CC[C@H](C(=O)O)C2)o1. The van der Waals surface area contributed by atoms with Gasteiger partial charge in [-0.2, -0.15) is 0 Å². The number of amides is 1. The van der Waals surface area contributed by atoms with Gasteiger partial charge in [0.15, 0.2) is 5.76 Å². The van der Waals surface area contributed by atoms with Crippen LogP contribution in [0.1, 0.15) is 29.8 Å². The van der Waals surface area contributed by atoms with Crippen molar-refractivity contribution in [2.75, 3.05) is 7.05 Å². The fraction of sp³-hybridized carbons (Fsp3) is 0.500. The number of carbonyl (C=O) groups is 2. The third-order valence-electron chi connectivity index (χ3n) is 3.46. The van der Waals surface area contributed by atoms with Crippen molar-refractivity contribution in [3.8, 4) is 0 Å². The molecule has 0 unspecified atom stereocenters. The zero-order chi connectivity index (χ0) is 15.6. The first-order chi connectivity index (χ1) is 9.83. The molecule has 1 aliphatic rings. The summed E-state index contributed by atoms with van der Waals surface area (Å²) in [5, 5.41) is 11.2. The van der Waals surface area contributed by atoms with Crippen molar-refractivity contribution in [1.82, 2.24) is 10.0 Å². The van der Waals surface area contributed by atoms with Crippen LogP contribution < -0.4 is 10.0 Å². The maximum absolute atomic E-state index is 11.9. The van der Waals surface area contributed by atoms with Gasteiger partial charge in [0.2, 0.25) is 5.09 Å². The molecule has 0 saturated heterocycles. The van der Waals surface area contributed by atoms with E-state index in [1.807, 2.05) is 0 Å². The van der Waals surface area contributed by atoms with E-state index in [0.717, 1.165) is 0 Å². The lowest BCUT2D eigenvalue weighted by Crippen LogP contribution is -2.33. The monoisotopic (exact) mass is 316 g/mol. The Bertz CT molecular complexity index is 650. The minimum absolute atomic E-state index is 0.123. The Labute approximate surface area is 121 Å². The fourth-order valence-corrected chi connectivity index (χ4v) is 2.93. The Kier molecular flexibility index (Phi) is 4.33. The van der Waals surface area contributed by atoms with Crippen molar-refractivity contribution in [2.45, 2.75) is 30.4 Å². The fourth-order valence-electron chi connectivity index (χ4n) is 2.28. The molecule has 8 nitrogen and oxygen atoms in total. The molecule has 0 aliphatic heterocycles. The highest BCUT2D eigenvalue weighted by Gasteiger charge is 2.31. The van der Waals surface area contributed by atoms with Crippen LogP contribution in [0, 0.1) is 5.92 Å². The van der Waals surface area contributed by atoms with Crippen LogP contribution >= 0.6 is 0 Å². The highest BCUT2D eigenvalue weighted by Crippen LogP contribution is 2.26. The number of rotatable bonds is 5. The van der Waals surface area contributed by atoms with E-state index < -0.39 is 27.8 Å². The molecule has 0 spiro atoms. The Hall–Kier alpha value is -1.87. The Morgan fingerprint density at radius 2 is 2.05 bits per heavy atom. The van der Waals surface area contributed by atoms with Gasteiger partial charge in [-0.3, -0.25) is 9.59 Å². The number of sulfonamides is 1. The van der Waals surface area contributed by atoms with Crippen LogP contribution in [-0.2, 0) is 14.8 Å². The Morgan fingerprint density at radius 1 is 1.33 bits per heavy atom. The highest BCUT2D eigenvalue weighted by atomic mass is 32.2. The molecule has 1 fully saturated rings. The third kappa shape index (κ3) is 3.42. The van der Waals surface area contributed by atoms with Gasteiger partial charge in [0, 0.05) is 6.04 Å². The van der Waals surface area contributed by atoms with Gasteiger partial charge in [-0.05, 0) is 38.4 Å². The van der Waals surface area contributed by atoms with E-state index in [9.17, 15) is 18.0 Å². The summed E-state index contributed by atoms with van der Waals surface area (Å²) in [7, 11) is -2.49. The van der Waals surface area contributed by atoms with E-state index in [0.29, 0.717) is 19.3 Å². The van der Waals surface area contributed by atoms with Gasteiger partial charge >= 0.3 is 5.97 Å². The van der Waals surface area contributed by atoms with Crippen LogP contribution in [0.5, 0.6) is 0 Å². The van der Waals surface area contributed by atoms with Gasteiger partial charge in [-0.15, -0.1) is 0 Å². The van der Waals surface area contributed by atoms with Gasteiger partial charge in [-0.1, -0.05) is 0 Å². The first-order valence-corrected chi connectivity index (χ1v) is 7.89. The number of aliphatic carboxylic acids is 1. The van der Waals surface area contributed by atoms with Crippen molar-refractivity contribution >= 4 is 21.9 Å². The summed E-state index contributed by atoms with van der Waals surface area (Å²) in [5.41, 5.74) is 0. The molecule has 1 aliphatic carbocycles. The first-order valence-electron chi connectivity index (χ1n) is 6.40. The summed E-state index contributed by atoms with van der Waals surface area (Å²) in [5.74, 6) is -1.99. The molecule has 0 bridgehead atoms. The van der Waals surface area contributed by atoms with E-state index in [1.54, 1.807) is 0 Å². The summed E-state index contributed by atoms with van der Waals surface area (Å²) in [6.45, 7) is 0. The van der Waals surface area contributed by atoms with Crippen LogP contribution in [0.2, 0.25) is 0 Å². The Balaban J connectivity index is 2.01. The molecule has 1 amide bonds. The molecular weight excluding hydrogens is 300 g/mol. The smallest absolute Gasteiger partial charge is 0.306 e. The molecule has 1 aromatic rings. The normalized spacial score (nSPS) is 22.1. The molecule has 116 valence electrons. The minimum Gasteiger partial charge on any atom is -0.481 e. The topological polar surface area (TPSA) is 126 Å². The summed E-state index contributed by atoms with van der Waals surface area (Å²) in [6.07, 6.45) is 1.45. The van der Waals surface area contributed by atoms with Gasteiger partial charge < -0.3 is 14.8 Å². The van der Waals surface area contributed by atoms with E-state index >= 15 is 0 Å². The molecule has 1 aromatic heterocycles. The molecule has 2 rings (SSSR count). The standard InChI is InChI=1S/C12H16N2O6S/c1-13-21(18,19)10-5-4-9(20-10)11(15)14-8-3-2-7(6-8)12(16)17/h4-5,7-8,13H,2-3,6H2,1H3,(H,14,15)(H,16,17)/t7-,8+/m0/s1. The predicted octanol–water partition coefficient (Wildman–Crippen LogP) is 0.171. The van der Waals surface area contributed by atoms with Crippen LogP contribution in [-0.4, -0.2) is 38.5 Å². The van der Waals surface area contributed by atoms with E-state index in [-0.39, 0.29) is 16.9 Å². The minimum atomic E-state index is -3.73. The summed E-state index contributed by atoms with van der Waals surface area (Å²) < 4.78 is 30.1. The quantitative estimate of drug-likeness (QED) is 0.711. The van der Waals surface area contributed by atoms with Crippen LogP contribution in [0.15, 0.2) is 21.6 Å². The lowest BCUT2D eigenvalue weighted by atomic mass is 10.1. The number of carboxylic acids is 1. The predicted molar refractivity (Wildman–Crippen MR) is 71.2 cm³/mol. The summed E-state index contributed by atoms with van der Waals surface area (Å²) in [6, 6.07) is 2.21. The van der Waals surface area contributed by atoms with Gasteiger partial charge in [0.1, 0.15) is 0 Å². The van der Waals surface area contributed by atoms with Crippen molar-refractivity contribution in [2.24, 2.45) is 5.92 Å². The van der Waals surface area contributed by atoms with Crippen LogP contribution in [0.4, 0.5) is 0 Å². The number of carboxylic acid groups (broad SMARTS) is 1. The zero-order valence-corrected chi connectivity index (χ0v) is 12.1. The summed E-state index contributed by atoms with van der Waals surface area (Å²) in [4.78, 5) is 22.8. The van der Waals surface area contributed by atoms with Crippen molar-refractivity contribution in [3.05, 3.63) is 17.9 Å². The number of nitrogens with one attached hydrogen (secondary N) is 2. The van der Waals surface area contributed by atoms with E-state index in [1.165, 1.54) is 19.2 Å². The van der Waals surface area contributed by atoms with E-state index in [2.05, 4.69) is 10.0 Å². The second kappa shape index (κ2) is 5.86. The molecule has 1 heterocycles. The van der Waals surface area contributed by atoms with Crippen LogP contribution in [0.25, 0.3) is 0 Å². The molecule has 0 radical (unpaired) electrons. The molecule has 21 heavy (non-hydrogen) atoms. The van der Waals surface area contributed by atoms with Crippen molar-refractivity contribution < 1.29 is 27.5 Å². The lowest BCUT2D eigenvalue weighted by molar-refractivity contribution is -0.141. The second-order valence-electron chi connectivity index (χ2n) is 4.84. The average Bonchev–Trinajstić information content (AvgIpc) is 3.07. The number of hydrogen-bond acceptors (Lipinski definition) is 5. The van der Waals surface area contributed by atoms with Crippen LogP contribution in [0.3, 0.4) is 0 Å². The van der Waals surface area contributed by atoms with Crippen molar-refractivity contribution in [1.29, 1.82) is 0 Å². The number of carbonyl (C=O) groups excluding carboxylic acids is 1. The molecular formula is C12H16N2O6S. The third-order valence-corrected chi connectivity index (χ3v) is 4.74. The second-order valence-corrected chi connectivity index (χ2v) is 6.66. The molecule has 0 aromatic carbocycles. The van der Waals surface area contributed by atoms with Gasteiger partial charge in [0.05, 0.1) is 5.92 Å². The lowest BCUT2D eigenvalue weighted by Gasteiger charge is -2.10. The summed E-state index contributed by atoms with van der Waals surface area (Å²) >= 11 is 0. The zero-order valence-electron chi connectivity index (χ0n) is 11.3.